The molecule has 1 saturated heterocycles. The first-order valence-electron chi connectivity index (χ1n) is 13.1. The molecule has 9 heteroatoms. The predicted molar refractivity (Wildman–Crippen MR) is 151 cm³/mol. The lowest BCUT2D eigenvalue weighted by Crippen LogP contribution is -2.44. The zero-order chi connectivity index (χ0) is 27.1. The molecule has 4 aromatic rings. The van der Waals surface area contributed by atoms with Gasteiger partial charge in [0.25, 0.3) is 11.5 Å². The first-order chi connectivity index (χ1) is 18.1. The van der Waals surface area contributed by atoms with Crippen LogP contribution in [0.2, 0.25) is 0 Å². The number of piperazine rings is 1. The SMILES string of the molecule is Cc1cc(C)c(Cn2c(C(C)C)nc3c(C(N)=O)cc(-c4ccc(N5CCN(C)CC5)nc4)cc32)c(=O)[nH]1. The second-order valence-corrected chi connectivity index (χ2v) is 10.6. The molecule has 0 bridgehead atoms. The summed E-state index contributed by atoms with van der Waals surface area (Å²) in [7, 11) is 2.13. The first-order valence-corrected chi connectivity index (χ1v) is 13.1. The Morgan fingerprint density at radius 1 is 1.08 bits per heavy atom. The van der Waals surface area contributed by atoms with Crippen molar-refractivity contribution >= 4 is 22.8 Å². The normalized spacial score (nSPS) is 14.5. The third kappa shape index (κ3) is 4.81. The molecule has 1 amide bonds. The quantitative estimate of drug-likeness (QED) is 0.408. The number of nitrogens with two attached hydrogens (primary N) is 1. The summed E-state index contributed by atoms with van der Waals surface area (Å²) in [5.41, 5.74) is 11.5. The van der Waals surface area contributed by atoms with E-state index in [1.54, 1.807) is 6.07 Å². The summed E-state index contributed by atoms with van der Waals surface area (Å²) in [4.78, 5) is 42.5. The fraction of sp³-hybridized carbons (Fsp3) is 0.379. The minimum absolute atomic E-state index is 0.0703. The van der Waals surface area contributed by atoms with Crippen LogP contribution < -0.4 is 16.2 Å². The van der Waals surface area contributed by atoms with Crippen molar-refractivity contribution in [3.8, 4) is 11.1 Å². The van der Waals surface area contributed by atoms with E-state index in [0.717, 1.165) is 65.7 Å². The van der Waals surface area contributed by atoms with E-state index in [4.69, 9.17) is 15.7 Å². The van der Waals surface area contributed by atoms with E-state index in [0.29, 0.717) is 23.2 Å². The van der Waals surface area contributed by atoms with Gasteiger partial charge in [0, 0.05) is 55.1 Å². The second-order valence-electron chi connectivity index (χ2n) is 10.6. The smallest absolute Gasteiger partial charge is 0.253 e. The Labute approximate surface area is 222 Å². The van der Waals surface area contributed by atoms with Crippen molar-refractivity contribution in [2.24, 2.45) is 5.73 Å². The number of H-pyrrole nitrogens is 1. The van der Waals surface area contributed by atoms with Gasteiger partial charge in [-0.15, -0.1) is 0 Å². The summed E-state index contributed by atoms with van der Waals surface area (Å²) in [5, 5.41) is 0. The Bertz CT molecular complexity index is 1560. The number of primary amides is 1. The molecule has 38 heavy (non-hydrogen) atoms. The van der Waals surface area contributed by atoms with Crippen molar-refractivity contribution < 1.29 is 4.79 Å². The number of pyridine rings is 2. The third-order valence-electron chi connectivity index (χ3n) is 7.38. The Balaban J connectivity index is 1.62. The van der Waals surface area contributed by atoms with Gasteiger partial charge >= 0.3 is 0 Å². The predicted octanol–water partition coefficient (Wildman–Crippen LogP) is 3.43. The van der Waals surface area contributed by atoms with Gasteiger partial charge in [0.05, 0.1) is 17.6 Å². The number of nitrogens with zero attached hydrogens (tertiary/aromatic N) is 5. The van der Waals surface area contributed by atoms with Crippen LogP contribution in [0.25, 0.3) is 22.2 Å². The molecular weight excluding hydrogens is 478 g/mol. The Morgan fingerprint density at radius 2 is 1.82 bits per heavy atom. The van der Waals surface area contributed by atoms with Gasteiger partial charge in [-0.05, 0) is 62.4 Å². The number of anilines is 1. The largest absolute Gasteiger partial charge is 0.366 e. The molecule has 5 rings (SSSR count). The molecule has 0 atom stereocenters. The maximum atomic E-state index is 12.9. The standard InChI is InChI=1S/C29H35N7O2/c1-17(2)28-33-26-22(27(30)37)13-21(20-6-7-25(31-15-20)35-10-8-34(5)9-11-35)14-24(26)36(28)16-23-18(3)12-19(4)32-29(23)38/h6-7,12-15,17H,8-11,16H2,1-5H3,(H2,30,37)(H,32,38). The fourth-order valence-electron chi connectivity index (χ4n) is 5.22. The summed E-state index contributed by atoms with van der Waals surface area (Å²) in [5.74, 6) is 1.27. The number of hydrogen-bond acceptors (Lipinski definition) is 6. The van der Waals surface area contributed by atoms with E-state index < -0.39 is 5.91 Å². The highest BCUT2D eigenvalue weighted by atomic mass is 16.1. The van der Waals surface area contributed by atoms with E-state index in [9.17, 15) is 9.59 Å². The molecule has 0 spiro atoms. The van der Waals surface area contributed by atoms with Gasteiger partial charge in [-0.1, -0.05) is 13.8 Å². The number of amides is 1. The summed E-state index contributed by atoms with van der Waals surface area (Å²) < 4.78 is 2.04. The van der Waals surface area contributed by atoms with Crippen LogP contribution in [-0.4, -0.2) is 63.6 Å². The van der Waals surface area contributed by atoms with Crippen LogP contribution in [0.15, 0.2) is 41.3 Å². The van der Waals surface area contributed by atoms with Gasteiger partial charge in [-0.25, -0.2) is 9.97 Å². The molecule has 0 radical (unpaired) electrons. The number of aromatic nitrogens is 4. The van der Waals surface area contributed by atoms with E-state index in [1.165, 1.54) is 0 Å². The number of carbonyl (C=O) groups excluding carboxylic acids is 1. The van der Waals surface area contributed by atoms with Gasteiger partial charge in [0.15, 0.2) is 0 Å². The van der Waals surface area contributed by atoms with Crippen molar-refractivity contribution in [1.82, 2.24) is 24.4 Å². The van der Waals surface area contributed by atoms with Crippen LogP contribution in [0, 0.1) is 13.8 Å². The minimum atomic E-state index is -0.539. The number of carbonyl (C=O) groups is 1. The highest BCUT2D eigenvalue weighted by Crippen LogP contribution is 2.31. The summed E-state index contributed by atoms with van der Waals surface area (Å²) in [6.45, 7) is 12.2. The zero-order valence-electron chi connectivity index (χ0n) is 22.7. The third-order valence-corrected chi connectivity index (χ3v) is 7.38. The fourth-order valence-corrected chi connectivity index (χ4v) is 5.22. The molecule has 1 aromatic carbocycles. The zero-order valence-corrected chi connectivity index (χ0v) is 22.7. The highest BCUT2D eigenvalue weighted by Gasteiger charge is 2.22. The van der Waals surface area contributed by atoms with Gasteiger partial charge in [0.2, 0.25) is 0 Å². The lowest BCUT2D eigenvalue weighted by atomic mass is 10.0. The Hall–Kier alpha value is -3.98. The van der Waals surface area contributed by atoms with Gasteiger partial charge in [0.1, 0.15) is 17.2 Å². The molecule has 4 heterocycles. The molecule has 0 unspecified atom stereocenters. The topological polar surface area (TPSA) is 113 Å². The van der Waals surface area contributed by atoms with Crippen molar-refractivity contribution in [1.29, 1.82) is 0 Å². The van der Waals surface area contributed by atoms with Crippen molar-refractivity contribution in [3.05, 3.63) is 75.1 Å². The van der Waals surface area contributed by atoms with Crippen molar-refractivity contribution in [2.45, 2.75) is 40.2 Å². The van der Waals surface area contributed by atoms with Gasteiger partial charge < -0.3 is 25.1 Å². The molecule has 1 aliphatic heterocycles. The number of likely N-dealkylation sites (N-methyl/N-ethyl adjacent to an activating group) is 1. The first kappa shape index (κ1) is 25.7. The maximum absolute atomic E-state index is 12.9. The maximum Gasteiger partial charge on any atom is 0.253 e. The van der Waals surface area contributed by atoms with Crippen LogP contribution in [0.5, 0.6) is 0 Å². The summed E-state index contributed by atoms with van der Waals surface area (Å²) in [6, 6.07) is 9.85. The molecule has 0 saturated carbocycles. The molecular formula is C29H35N7O2. The number of hydrogen-bond donors (Lipinski definition) is 2. The van der Waals surface area contributed by atoms with Gasteiger partial charge in [-0.3, -0.25) is 9.59 Å². The van der Waals surface area contributed by atoms with Crippen molar-refractivity contribution in [2.75, 3.05) is 38.1 Å². The Kier molecular flexibility index (Phi) is 6.79. The van der Waals surface area contributed by atoms with Crippen LogP contribution in [0.3, 0.4) is 0 Å². The molecule has 198 valence electrons. The van der Waals surface area contributed by atoms with Gasteiger partial charge in [-0.2, -0.15) is 0 Å². The number of aromatic amines is 1. The molecule has 3 aromatic heterocycles. The molecule has 9 nitrogen and oxygen atoms in total. The molecule has 1 fully saturated rings. The summed E-state index contributed by atoms with van der Waals surface area (Å²) >= 11 is 0. The van der Waals surface area contributed by atoms with Crippen LogP contribution in [0.4, 0.5) is 5.82 Å². The number of fused-ring (bicyclic) bond motifs is 1. The highest BCUT2D eigenvalue weighted by molar-refractivity contribution is 6.06. The lowest BCUT2D eigenvalue weighted by molar-refractivity contribution is 0.100. The second kappa shape index (κ2) is 10.1. The Morgan fingerprint density at radius 3 is 2.42 bits per heavy atom. The number of aryl methyl sites for hydroxylation is 2. The number of rotatable bonds is 6. The molecule has 0 aliphatic carbocycles. The van der Waals surface area contributed by atoms with E-state index >= 15 is 0 Å². The van der Waals surface area contributed by atoms with Crippen molar-refractivity contribution in [3.63, 3.8) is 0 Å². The van der Waals surface area contributed by atoms with Crippen LogP contribution in [0.1, 0.15) is 52.8 Å². The number of imidazole rings is 1. The molecule has 3 N–H and O–H groups in total. The lowest BCUT2D eigenvalue weighted by Gasteiger charge is -2.33. The van der Waals surface area contributed by atoms with Crippen LogP contribution in [-0.2, 0) is 6.54 Å². The molecule has 1 aliphatic rings. The minimum Gasteiger partial charge on any atom is -0.366 e. The number of benzene rings is 1. The van der Waals surface area contributed by atoms with Crippen LogP contribution >= 0.6 is 0 Å². The monoisotopic (exact) mass is 513 g/mol. The average Bonchev–Trinajstić information content (AvgIpc) is 3.24. The average molecular weight is 514 g/mol. The number of nitrogens with one attached hydrogen (secondary N) is 1. The van der Waals surface area contributed by atoms with E-state index in [-0.39, 0.29) is 11.5 Å². The van der Waals surface area contributed by atoms with E-state index in [2.05, 4.69) is 35.7 Å². The summed E-state index contributed by atoms with van der Waals surface area (Å²) in [6.07, 6.45) is 1.85. The van der Waals surface area contributed by atoms with E-state index in [1.807, 2.05) is 48.9 Å².